The van der Waals surface area contributed by atoms with Gasteiger partial charge < -0.3 is 10.2 Å². The van der Waals surface area contributed by atoms with Crippen LogP contribution in [0.1, 0.15) is 23.6 Å². The molecular weight excluding hydrogens is 540 g/mol. The molecule has 4 rings (SSSR count). The maximum absolute atomic E-state index is 13.6. The quantitative estimate of drug-likeness (QED) is 0.449. The number of nitrogens with one attached hydrogen (secondary N) is 2. The lowest BCUT2D eigenvalue weighted by Gasteiger charge is -2.22. The highest BCUT2D eigenvalue weighted by Gasteiger charge is 2.38. The van der Waals surface area contributed by atoms with Crippen molar-refractivity contribution in [1.82, 2.24) is 10.0 Å². The van der Waals surface area contributed by atoms with Crippen molar-refractivity contribution in [2.24, 2.45) is 4.99 Å². The molecule has 2 unspecified atom stereocenters. The first kappa shape index (κ1) is 27.9. The van der Waals surface area contributed by atoms with Gasteiger partial charge in [0.05, 0.1) is 27.9 Å². The van der Waals surface area contributed by atoms with Gasteiger partial charge in [0.15, 0.2) is 0 Å². The van der Waals surface area contributed by atoms with E-state index in [2.05, 4.69) is 10.3 Å². The number of hydrogen-bond donors (Lipinski definition) is 2. The SMILES string of the molecule is CC(NS(=O)(=O)c1ccccc1C(F)(F)F)C(=O)NC1N=C(c2ccc(F)cc2)c2ccccc2N(C)C1=O. The molecule has 39 heavy (non-hydrogen) atoms. The number of nitrogens with zero attached hydrogens (tertiary/aromatic N) is 2. The molecule has 0 bridgehead atoms. The number of hydrogen-bond acceptors (Lipinski definition) is 5. The highest BCUT2D eigenvalue weighted by molar-refractivity contribution is 7.89. The molecule has 0 saturated carbocycles. The summed E-state index contributed by atoms with van der Waals surface area (Å²) in [5.74, 6) is -2.17. The summed E-state index contributed by atoms with van der Waals surface area (Å²) in [6.07, 6.45) is -6.47. The molecule has 1 heterocycles. The van der Waals surface area contributed by atoms with Crippen LogP contribution in [0, 0.1) is 5.82 Å². The second-order valence-corrected chi connectivity index (χ2v) is 10.3. The molecule has 0 aromatic heterocycles. The number of amides is 2. The average Bonchev–Trinajstić information content (AvgIpc) is 2.99. The highest BCUT2D eigenvalue weighted by Crippen LogP contribution is 2.34. The summed E-state index contributed by atoms with van der Waals surface area (Å²) in [7, 11) is -3.33. The topological polar surface area (TPSA) is 108 Å². The van der Waals surface area contributed by atoms with Crippen molar-refractivity contribution < 1.29 is 35.6 Å². The number of rotatable bonds is 6. The van der Waals surface area contributed by atoms with E-state index in [1.807, 2.05) is 4.72 Å². The van der Waals surface area contributed by atoms with Gasteiger partial charge in [0.25, 0.3) is 5.91 Å². The predicted octanol–water partition coefficient (Wildman–Crippen LogP) is 3.47. The summed E-state index contributed by atoms with van der Waals surface area (Å²) >= 11 is 0. The normalized spacial score (nSPS) is 16.7. The highest BCUT2D eigenvalue weighted by atomic mass is 32.2. The minimum Gasteiger partial charge on any atom is -0.325 e. The molecule has 3 aromatic rings. The standard InChI is InChI=1S/C26H22F4N4O4S/c1-15(33-39(37,38)21-10-6-4-8-19(21)26(28,29)30)24(35)32-23-25(36)34(2)20-9-5-3-7-18(20)22(31-23)16-11-13-17(27)14-12-16/h3-15,23,33H,1-2H3,(H,32,35). The van der Waals surface area contributed by atoms with Crippen LogP contribution in [-0.2, 0) is 25.8 Å². The van der Waals surface area contributed by atoms with Crippen molar-refractivity contribution in [3.8, 4) is 0 Å². The minimum absolute atomic E-state index is 0.265. The number of carbonyl (C=O) groups is 2. The number of sulfonamides is 1. The van der Waals surface area contributed by atoms with Crippen LogP contribution >= 0.6 is 0 Å². The second kappa shape index (κ2) is 10.6. The second-order valence-electron chi connectivity index (χ2n) is 8.65. The van der Waals surface area contributed by atoms with Crippen LogP contribution in [0.15, 0.2) is 82.7 Å². The summed E-state index contributed by atoms with van der Waals surface area (Å²) in [5.41, 5.74) is 0.302. The Bertz CT molecular complexity index is 1560. The van der Waals surface area contributed by atoms with Crippen LogP contribution in [0.3, 0.4) is 0 Å². The van der Waals surface area contributed by atoms with Crippen LogP contribution in [-0.4, -0.2) is 45.2 Å². The molecular formula is C26H22F4N4O4S. The number of benzodiazepines with no additional fused rings is 1. The van der Waals surface area contributed by atoms with Crippen molar-refractivity contribution >= 4 is 33.2 Å². The Labute approximate surface area is 221 Å². The number of anilines is 1. The zero-order valence-electron chi connectivity index (χ0n) is 20.5. The molecule has 1 aliphatic heterocycles. The van der Waals surface area contributed by atoms with E-state index in [4.69, 9.17) is 0 Å². The third-order valence-corrected chi connectivity index (χ3v) is 7.55. The van der Waals surface area contributed by atoms with Gasteiger partial charge in [-0.1, -0.05) is 30.3 Å². The van der Waals surface area contributed by atoms with E-state index in [0.717, 1.165) is 25.1 Å². The fourth-order valence-corrected chi connectivity index (χ4v) is 5.43. The van der Waals surface area contributed by atoms with Gasteiger partial charge >= 0.3 is 6.18 Å². The number of alkyl halides is 3. The van der Waals surface area contributed by atoms with E-state index >= 15 is 0 Å². The third kappa shape index (κ3) is 5.83. The molecule has 0 fully saturated rings. The third-order valence-electron chi connectivity index (χ3n) is 5.95. The van der Waals surface area contributed by atoms with E-state index in [9.17, 15) is 35.6 Å². The zero-order chi connectivity index (χ0) is 28.5. The number of benzene rings is 3. The van der Waals surface area contributed by atoms with E-state index in [0.29, 0.717) is 22.9 Å². The fraction of sp³-hybridized carbons (Fsp3) is 0.192. The van der Waals surface area contributed by atoms with Crippen molar-refractivity contribution in [2.45, 2.75) is 30.2 Å². The molecule has 8 nitrogen and oxygen atoms in total. The molecule has 1 aliphatic rings. The Hall–Kier alpha value is -4.10. The average molecular weight is 563 g/mol. The molecule has 204 valence electrons. The van der Waals surface area contributed by atoms with Gasteiger partial charge in [-0.05, 0) is 49.4 Å². The van der Waals surface area contributed by atoms with Crippen LogP contribution in [0.2, 0.25) is 0 Å². The lowest BCUT2D eigenvalue weighted by atomic mass is 10.0. The van der Waals surface area contributed by atoms with Crippen molar-refractivity contribution in [3.63, 3.8) is 0 Å². The number of likely N-dealkylation sites (N-methyl/N-ethyl adjacent to an activating group) is 1. The van der Waals surface area contributed by atoms with Crippen molar-refractivity contribution in [2.75, 3.05) is 11.9 Å². The predicted molar refractivity (Wildman–Crippen MR) is 135 cm³/mol. The summed E-state index contributed by atoms with van der Waals surface area (Å²) in [5, 5.41) is 2.36. The number of para-hydroxylation sites is 1. The Morgan fingerprint density at radius 3 is 2.28 bits per heavy atom. The lowest BCUT2D eigenvalue weighted by Crippen LogP contribution is -2.52. The molecule has 0 spiro atoms. The number of halogens is 4. The Morgan fingerprint density at radius 2 is 1.62 bits per heavy atom. The van der Waals surface area contributed by atoms with Gasteiger partial charge in [0.1, 0.15) is 5.82 Å². The Balaban J connectivity index is 1.64. The van der Waals surface area contributed by atoms with Gasteiger partial charge in [-0.25, -0.2) is 17.8 Å². The van der Waals surface area contributed by atoms with Gasteiger partial charge in [-0.15, -0.1) is 0 Å². The molecule has 0 saturated heterocycles. The monoisotopic (exact) mass is 562 g/mol. The molecule has 2 amide bonds. The van der Waals surface area contributed by atoms with Crippen LogP contribution in [0.4, 0.5) is 23.2 Å². The van der Waals surface area contributed by atoms with Gasteiger partial charge in [-0.3, -0.25) is 9.59 Å². The Kier molecular flexibility index (Phi) is 7.57. The summed E-state index contributed by atoms with van der Waals surface area (Å²) < 4.78 is 81.1. The molecule has 13 heteroatoms. The fourth-order valence-electron chi connectivity index (χ4n) is 4.00. The molecule has 2 atom stereocenters. The Morgan fingerprint density at radius 1 is 1.00 bits per heavy atom. The van der Waals surface area contributed by atoms with Crippen LogP contribution in [0.25, 0.3) is 0 Å². The zero-order valence-corrected chi connectivity index (χ0v) is 21.3. The van der Waals surface area contributed by atoms with Crippen LogP contribution < -0.4 is 14.9 Å². The van der Waals surface area contributed by atoms with Gasteiger partial charge in [-0.2, -0.15) is 17.9 Å². The van der Waals surface area contributed by atoms with E-state index in [1.54, 1.807) is 24.3 Å². The summed E-state index contributed by atoms with van der Waals surface area (Å²) in [6.45, 7) is 1.12. The van der Waals surface area contributed by atoms with E-state index in [-0.39, 0.29) is 5.71 Å². The molecule has 0 radical (unpaired) electrons. The molecule has 0 aliphatic carbocycles. The number of fused-ring (bicyclic) bond motifs is 1. The summed E-state index contributed by atoms with van der Waals surface area (Å²) in [4.78, 5) is 30.8. The first-order valence-electron chi connectivity index (χ1n) is 11.5. The maximum atomic E-state index is 13.6. The lowest BCUT2D eigenvalue weighted by molar-refractivity contribution is -0.139. The largest absolute Gasteiger partial charge is 0.417 e. The minimum atomic E-state index is -4.95. The van der Waals surface area contributed by atoms with Crippen LogP contribution in [0.5, 0.6) is 0 Å². The van der Waals surface area contributed by atoms with Gasteiger partial charge in [0, 0.05) is 18.2 Å². The van der Waals surface area contributed by atoms with E-state index in [1.165, 1.54) is 36.2 Å². The van der Waals surface area contributed by atoms with E-state index < -0.39 is 56.5 Å². The van der Waals surface area contributed by atoms with Crippen molar-refractivity contribution in [3.05, 3.63) is 95.3 Å². The molecule has 2 N–H and O–H groups in total. The van der Waals surface area contributed by atoms with Gasteiger partial charge in [0.2, 0.25) is 22.1 Å². The van der Waals surface area contributed by atoms with Crippen molar-refractivity contribution in [1.29, 1.82) is 0 Å². The first-order chi connectivity index (χ1) is 18.3. The molecule has 3 aromatic carbocycles. The smallest absolute Gasteiger partial charge is 0.325 e. The number of aliphatic imine (C=N–C) groups is 1. The number of carbonyl (C=O) groups excluding carboxylic acids is 2. The maximum Gasteiger partial charge on any atom is 0.417 e. The first-order valence-corrected chi connectivity index (χ1v) is 13.0. The summed E-state index contributed by atoms with van der Waals surface area (Å²) in [6, 6.07) is 14.1.